The maximum absolute atomic E-state index is 13.2. The number of carbonyl (C=O) groups excluding carboxylic acids is 3. The third kappa shape index (κ3) is 5.68. The SMILES string of the molecule is CC1C=C(C(=O)O)N2C(=O)C(NC(=O)C(NC(=O)OC(C)(C)C)c3ccc([S+](C)[O-])cc3)[C@H]2S1. The molecule has 0 bridgehead atoms. The summed E-state index contributed by atoms with van der Waals surface area (Å²) in [5.41, 5.74) is -0.511. The molecule has 3 N–H and O–H groups in total. The molecule has 0 radical (unpaired) electrons. The zero-order valence-electron chi connectivity index (χ0n) is 19.4. The molecule has 2 heterocycles. The summed E-state index contributed by atoms with van der Waals surface area (Å²) in [7, 11) is 0. The van der Waals surface area contributed by atoms with Gasteiger partial charge in [0.1, 0.15) is 35.0 Å². The average Bonchev–Trinajstić information content (AvgIpc) is 2.73. The Morgan fingerprint density at radius 3 is 2.38 bits per heavy atom. The first-order valence-corrected chi connectivity index (χ1v) is 13.0. The fourth-order valence-electron chi connectivity index (χ4n) is 3.54. The van der Waals surface area contributed by atoms with Crippen LogP contribution in [0, 0.1) is 0 Å². The highest BCUT2D eigenvalue weighted by atomic mass is 32.2. The monoisotopic (exact) mass is 509 g/mol. The topological polar surface area (TPSA) is 148 Å². The Kier molecular flexibility index (Phi) is 7.53. The van der Waals surface area contributed by atoms with Gasteiger partial charge in [-0.1, -0.05) is 12.1 Å². The molecule has 12 heteroatoms. The van der Waals surface area contributed by atoms with Crippen LogP contribution in [0.5, 0.6) is 0 Å². The Hall–Kier alpha value is -2.70. The number of nitrogens with zero attached hydrogens (tertiary/aromatic N) is 1. The van der Waals surface area contributed by atoms with Crippen LogP contribution in [0.3, 0.4) is 0 Å². The molecule has 3 rings (SSSR count). The van der Waals surface area contributed by atoms with Crippen LogP contribution >= 0.6 is 11.8 Å². The minimum atomic E-state index is -1.23. The number of alkyl carbamates (subject to hydrolysis) is 1. The van der Waals surface area contributed by atoms with E-state index in [0.29, 0.717) is 10.5 Å². The lowest BCUT2D eigenvalue weighted by Crippen LogP contribution is -2.71. The van der Waals surface area contributed by atoms with E-state index >= 15 is 0 Å². The van der Waals surface area contributed by atoms with Gasteiger partial charge in [-0.25, -0.2) is 9.59 Å². The van der Waals surface area contributed by atoms with Crippen molar-refractivity contribution in [3.8, 4) is 0 Å². The van der Waals surface area contributed by atoms with E-state index in [9.17, 15) is 28.8 Å². The average molecular weight is 510 g/mol. The van der Waals surface area contributed by atoms with Crippen LogP contribution in [0.4, 0.5) is 4.79 Å². The molecule has 3 amide bonds. The van der Waals surface area contributed by atoms with Gasteiger partial charge in [-0.05, 0) is 62.6 Å². The van der Waals surface area contributed by atoms with Gasteiger partial charge >= 0.3 is 12.1 Å². The molecular formula is C22H27N3O7S2. The number of ether oxygens (including phenoxy) is 1. The van der Waals surface area contributed by atoms with E-state index in [1.54, 1.807) is 52.0 Å². The van der Waals surface area contributed by atoms with Crippen LogP contribution < -0.4 is 10.6 Å². The second-order valence-corrected chi connectivity index (χ2v) is 11.8. The van der Waals surface area contributed by atoms with E-state index in [4.69, 9.17) is 4.74 Å². The molecule has 0 aromatic heterocycles. The number of carbonyl (C=O) groups is 4. The number of amides is 3. The molecule has 0 saturated carbocycles. The lowest BCUT2D eigenvalue weighted by molar-refractivity contribution is -0.150. The van der Waals surface area contributed by atoms with Crippen molar-refractivity contribution in [2.24, 2.45) is 0 Å². The third-order valence-electron chi connectivity index (χ3n) is 5.03. The molecule has 0 spiro atoms. The number of carboxylic acid groups (broad SMARTS) is 1. The van der Waals surface area contributed by atoms with Crippen LogP contribution in [0.1, 0.15) is 39.3 Å². The van der Waals surface area contributed by atoms with Crippen molar-refractivity contribution in [2.75, 3.05) is 6.26 Å². The normalized spacial score (nSPS) is 23.6. The summed E-state index contributed by atoms with van der Waals surface area (Å²) in [6, 6.07) is 4.15. The molecule has 1 fully saturated rings. The summed E-state index contributed by atoms with van der Waals surface area (Å²) in [5.74, 6) is -2.42. The quantitative estimate of drug-likeness (QED) is 0.388. The third-order valence-corrected chi connectivity index (χ3v) is 7.30. The number of carboxylic acids is 1. The zero-order chi connectivity index (χ0) is 25.4. The molecule has 34 heavy (non-hydrogen) atoms. The molecule has 1 saturated heterocycles. The molecule has 2 aliphatic heterocycles. The van der Waals surface area contributed by atoms with Crippen LogP contribution in [-0.4, -0.2) is 67.0 Å². The zero-order valence-corrected chi connectivity index (χ0v) is 21.0. The number of thioether (sulfide) groups is 1. The van der Waals surface area contributed by atoms with E-state index in [-0.39, 0.29) is 10.9 Å². The fourth-order valence-corrected chi connectivity index (χ4v) is 5.39. The minimum absolute atomic E-state index is 0.113. The second-order valence-electron chi connectivity index (χ2n) is 8.89. The molecule has 1 aromatic carbocycles. The van der Waals surface area contributed by atoms with Gasteiger partial charge in [-0.2, -0.15) is 0 Å². The summed E-state index contributed by atoms with van der Waals surface area (Å²) in [6.07, 6.45) is 2.19. The van der Waals surface area contributed by atoms with Gasteiger partial charge < -0.3 is 25.0 Å². The number of hydrogen-bond acceptors (Lipinski definition) is 7. The van der Waals surface area contributed by atoms with Crippen molar-refractivity contribution in [1.29, 1.82) is 0 Å². The molecule has 5 atom stereocenters. The van der Waals surface area contributed by atoms with Gasteiger partial charge in [0.15, 0.2) is 4.90 Å². The maximum atomic E-state index is 13.2. The van der Waals surface area contributed by atoms with E-state index < -0.39 is 58.1 Å². The standard InChI is InChI=1S/C22H27N3O7S2/c1-11-10-14(20(28)29)25-18(27)16(19(25)33-11)23-17(26)15(24-21(30)32-22(2,3)4)12-6-8-13(9-7-12)34(5)31/h6-11,15-16,19H,1-5H3,(H,23,26)(H,24,30)(H,28,29)/t11?,15?,16?,19-,34?/m1/s1. The lowest BCUT2D eigenvalue weighted by Gasteiger charge is -2.49. The van der Waals surface area contributed by atoms with Crippen molar-refractivity contribution in [3.63, 3.8) is 0 Å². The van der Waals surface area contributed by atoms with Gasteiger partial charge in [-0.3, -0.25) is 14.5 Å². The predicted octanol–water partition coefficient (Wildman–Crippen LogP) is 1.75. The first kappa shape index (κ1) is 25.9. The molecule has 10 nitrogen and oxygen atoms in total. The Morgan fingerprint density at radius 2 is 1.85 bits per heavy atom. The summed E-state index contributed by atoms with van der Waals surface area (Å²) in [4.78, 5) is 51.6. The summed E-state index contributed by atoms with van der Waals surface area (Å²) < 4.78 is 17.0. The molecule has 4 unspecified atom stereocenters. The number of fused-ring (bicyclic) bond motifs is 1. The number of rotatable bonds is 6. The number of aliphatic carboxylic acids is 1. The van der Waals surface area contributed by atoms with Gasteiger partial charge in [0.2, 0.25) is 5.91 Å². The van der Waals surface area contributed by atoms with Crippen LogP contribution in [0.15, 0.2) is 40.9 Å². The van der Waals surface area contributed by atoms with Crippen LogP contribution in [0.2, 0.25) is 0 Å². The first-order chi connectivity index (χ1) is 15.8. The maximum Gasteiger partial charge on any atom is 0.408 e. The van der Waals surface area contributed by atoms with E-state index in [1.165, 1.54) is 24.1 Å². The predicted molar refractivity (Wildman–Crippen MR) is 126 cm³/mol. The molecule has 184 valence electrons. The van der Waals surface area contributed by atoms with Gasteiger partial charge in [0.05, 0.1) is 0 Å². The largest absolute Gasteiger partial charge is 0.612 e. The highest BCUT2D eigenvalue weighted by Gasteiger charge is 2.54. The fraction of sp³-hybridized carbons (Fsp3) is 0.455. The molecule has 2 aliphatic rings. The summed E-state index contributed by atoms with van der Waals surface area (Å²) in [6.45, 7) is 6.86. The Bertz CT molecular complexity index is 1020. The smallest absolute Gasteiger partial charge is 0.408 e. The second kappa shape index (κ2) is 9.88. The minimum Gasteiger partial charge on any atom is -0.612 e. The first-order valence-electron chi connectivity index (χ1n) is 10.5. The summed E-state index contributed by atoms with van der Waals surface area (Å²) in [5, 5.41) is 13.8. The Labute approximate surface area is 204 Å². The molecule has 1 aromatic rings. The van der Waals surface area contributed by atoms with Crippen molar-refractivity contribution in [2.45, 2.75) is 60.9 Å². The highest BCUT2D eigenvalue weighted by molar-refractivity contribution is 8.00. The highest BCUT2D eigenvalue weighted by Crippen LogP contribution is 2.40. The molecule has 0 aliphatic carbocycles. The van der Waals surface area contributed by atoms with Gasteiger partial charge in [0.25, 0.3) is 5.91 Å². The number of hydrogen-bond donors (Lipinski definition) is 3. The lowest BCUT2D eigenvalue weighted by atomic mass is 10.0. The van der Waals surface area contributed by atoms with Crippen LogP contribution in [0.25, 0.3) is 0 Å². The number of β-lactam (4-membered cyclic amide) rings is 1. The summed E-state index contributed by atoms with van der Waals surface area (Å²) >= 11 is 0.125. The van der Waals surface area contributed by atoms with Gasteiger partial charge in [-0.15, -0.1) is 11.8 Å². The van der Waals surface area contributed by atoms with Crippen molar-refractivity contribution < 1.29 is 33.6 Å². The van der Waals surface area contributed by atoms with Gasteiger partial charge in [0, 0.05) is 5.25 Å². The number of nitrogens with one attached hydrogen (secondary N) is 2. The Balaban J connectivity index is 1.81. The Morgan fingerprint density at radius 1 is 1.24 bits per heavy atom. The van der Waals surface area contributed by atoms with Crippen LogP contribution in [-0.2, 0) is 30.3 Å². The molecular weight excluding hydrogens is 482 g/mol. The van der Waals surface area contributed by atoms with E-state index in [1.807, 2.05) is 0 Å². The number of benzene rings is 1. The van der Waals surface area contributed by atoms with Crippen molar-refractivity contribution in [1.82, 2.24) is 15.5 Å². The van der Waals surface area contributed by atoms with E-state index in [0.717, 1.165) is 4.90 Å². The van der Waals surface area contributed by atoms with Crippen molar-refractivity contribution in [3.05, 3.63) is 41.6 Å². The van der Waals surface area contributed by atoms with Crippen molar-refractivity contribution >= 4 is 46.8 Å². The van der Waals surface area contributed by atoms with E-state index in [2.05, 4.69) is 10.6 Å².